The zero-order valence-electron chi connectivity index (χ0n) is 11.4. The summed E-state index contributed by atoms with van der Waals surface area (Å²) in [5.74, 6) is 0. The number of nitrogens with zero attached hydrogens (tertiary/aromatic N) is 2. The Balaban J connectivity index is 2.11. The van der Waals surface area contributed by atoms with E-state index >= 15 is 0 Å². The topological polar surface area (TPSA) is 18.5 Å². The van der Waals surface area contributed by atoms with Crippen LogP contribution in [0.2, 0.25) is 5.02 Å². The average Bonchev–Trinajstić information content (AvgIpc) is 2.32. The second-order valence-electron chi connectivity index (χ2n) is 5.24. The van der Waals surface area contributed by atoms with Gasteiger partial charge in [-0.2, -0.15) is 0 Å². The Morgan fingerprint density at radius 2 is 2.22 bits per heavy atom. The highest BCUT2D eigenvalue weighted by Gasteiger charge is 2.21. The highest BCUT2D eigenvalue weighted by Crippen LogP contribution is 2.27. The lowest BCUT2D eigenvalue weighted by Gasteiger charge is -2.37. The van der Waals surface area contributed by atoms with Crippen LogP contribution in [0, 0.1) is 6.92 Å². The number of nitrogens with one attached hydrogen (secondary N) is 1. The quantitative estimate of drug-likeness (QED) is 0.904. The molecule has 100 valence electrons. The summed E-state index contributed by atoms with van der Waals surface area (Å²) in [6.45, 7) is 6.28. The van der Waals surface area contributed by atoms with Gasteiger partial charge < -0.3 is 15.1 Å². The predicted octanol–water partition coefficient (Wildman–Crippen LogP) is 1.99. The van der Waals surface area contributed by atoms with Gasteiger partial charge in [0.05, 0.1) is 0 Å². The zero-order valence-corrected chi connectivity index (χ0v) is 12.2. The summed E-state index contributed by atoms with van der Waals surface area (Å²) in [6.07, 6.45) is 0. The average molecular weight is 268 g/mol. The van der Waals surface area contributed by atoms with Crippen LogP contribution < -0.4 is 10.2 Å². The molecule has 1 N–H and O–H groups in total. The van der Waals surface area contributed by atoms with Gasteiger partial charge in [0.2, 0.25) is 0 Å². The molecule has 4 heteroatoms. The molecule has 0 radical (unpaired) electrons. The van der Waals surface area contributed by atoms with Gasteiger partial charge in [-0.25, -0.2) is 0 Å². The first-order chi connectivity index (χ1) is 8.58. The van der Waals surface area contributed by atoms with Crippen molar-refractivity contribution < 1.29 is 0 Å². The Kier molecular flexibility index (Phi) is 4.49. The molecule has 0 aliphatic carbocycles. The molecular formula is C14H22ClN3. The van der Waals surface area contributed by atoms with E-state index in [1.807, 2.05) is 12.1 Å². The van der Waals surface area contributed by atoms with Crippen LogP contribution in [0.15, 0.2) is 18.2 Å². The molecular weight excluding hydrogens is 246 g/mol. The summed E-state index contributed by atoms with van der Waals surface area (Å²) < 4.78 is 0. The lowest BCUT2D eigenvalue weighted by atomic mass is 10.1. The number of benzene rings is 1. The summed E-state index contributed by atoms with van der Waals surface area (Å²) in [7, 11) is 4.23. The molecule has 1 aliphatic rings. The number of hydrogen-bond donors (Lipinski definition) is 1. The Labute approximate surface area is 115 Å². The van der Waals surface area contributed by atoms with Gasteiger partial charge in [0.15, 0.2) is 0 Å². The van der Waals surface area contributed by atoms with Crippen LogP contribution in [0.1, 0.15) is 5.56 Å². The van der Waals surface area contributed by atoms with E-state index in [-0.39, 0.29) is 0 Å². The van der Waals surface area contributed by atoms with Gasteiger partial charge in [0, 0.05) is 42.9 Å². The SMILES string of the molecule is Cc1c(Cl)cccc1N1CCNC(CN(C)C)C1. The van der Waals surface area contributed by atoms with Crippen LogP contribution in [-0.4, -0.2) is 51.2 Å². The van der Waals surface area contributed by atoms with E-state index in [0.717, 1.165) is 31.2 Å². The van der Waals surface area contributed by atoms with Gasteiger partial charge in [-0.05, 0) is 38.7 Å². The Morgan fingerprint density at radius 1 is 1.44 bits per heavy atom. The highest BCUT2D eigenvalue weighted by atomic mass is 35.5. The maximum Gasteiger partial charge on any atom is 0.0455 e. The summed E-state index contributed by atoms with van der Waals surface area (Å²) in [5, 5.41) is 4.42. The molecule has 0 aromatic heterocycles. The predicted molar refractivity (Wildman–Crippen MR) is 78.7 cm³/mol. The van der Waals surface area contributed by atoms with Crippen molar-refractivity contribution in [1.82, 2.24) is 10.2 Å². The van der Waals surface area contributed by atoms with E-state index in [1.165, 1.54) is 11.3 Å². The minimum atomic E-state index is 0.520. The summed E-state index contributed by atoms with van der Waals surface area (Å²) in [6, 6.07) is 6.68. The van der Waals surface area contributed by atoms with E-state index in [2.05, 4.69) is 42.2 Å². The molecule has 1 aromatic rings. The van der Waals surface area contributed by atoms with E-state index in [4.69, 9.17) is 11.6 Å². The van der Waals surface area contributed by atoms with Gasteiger partial charge in [0.25, 0.3) is 0 Å². The zero-order chi connectivity index (χ0) is 13.1. The molecule has 0 spiro atoms. The Hall–Kier alpha value is -0.770. The second kappa shape index (κ2) is 5.91. The van der Waals surface area contributed by atoms with Crippen molar-refractivity contribution in [1.29, 1.82) is 0 Å². The minimum absolute atomic E-state index is 0.520. The monoisotopic (exact) mass is 267 g/mol. The summed E-state index contributed by atoms with van der Waals surface area (Å²) in [5.41, 5.74) is 2.46. The van der Waals surface area contributed by atoms with Crippen molar-refractivity contribution in [2.75, 3.05) is 45.2 Å². The van der Waals surface area contributed by atoms with E-state index in [1.54, 1.807) is 0 Å². The highest BCUT2D eigenvalue weighted by molar-refractivity contribution is 6.31. The molecule has 0 bridgehead atoms. The maximum absolute atomic E-state index is 6.20. The molecule has 1 unspecified atom stereocenters. The van der Waals surface area contributed by atoms with Gasteiger partial charge in [-0.15, -0.1) is 0 Å². The third kappa shape index (κ3) is 3.16. The normalized spacial score (nSPS) is 20.5. The number of hydrogen-bond acceptors (Lipinski definition) is 3. The van der Waals surface area contributed by atoms with Crippen LogP contribution in [0.3, 0.4) is 0 Å². The molecule has 3 nitrogen and oxygen atoms in total. The van der Waals surface area contributed by atoms with Crippen molar-refractivity contribution in [3.05, 3.63) is 28.8 Å². The van der Waals surface area contributed by atoms with Crippen molar-refractivity contribution in [3.8, 4) is 0 Å². The largest absolute Gasteiger partial charge is 0.368 e. The summed E-state index contributed by atoms with van der Waals surface area (Å²) >= 11 is 6.20. The van der Waals surface area contributed by atoms with Crippen LogP contribution in [-0.2, 0) is 0 Å². The van der Waals surface area contributed by atoms with Crippen LogP contribution in [0.5, 0.6) is 0 Å². The number of likely N-dealkylation sites (N-methyl/N-ethyl adjacent to an activating group) is 1. The van der Waals surface area contributed by atoms with Crippen LogP contribution in [0.4, 0.5) is 5.69 Å². The number of anilines is 1. The molecule has 1 heterocycles. The van der Waals surface area contributed by atoms with Crippen molar-refractivity contribution in [3.63, 3.8) is 0 Å². The number of halogens is 1. The Bertz CT molecular complexity index is 406. The van der Waals surface area contributed by atoms with Gasteiger partial charge >= 0.3 is 0 Å². The lowest BCUT2D eigenvalue weighted by molar-refractivity contribution is 0.323. The lowest BCUT2D eigenvalue weighted by Crippen LogP contribution is -2.54. The fourth-order valence-electron chi connectivity index (χ4n) is 2.55. The number of piperazine rings is 1. The van der Waals surface area contributed by atoms with Gasteiger partial charge in [0.1, 0.15) is 0 Å². The van der Waals surface area contributed by atoms with Crippen molar-refractivity contribution in [2.24, 2.45) is 0 Å². The van der Waals surface area contributed by atoms with E-state index < -0.39 is 0 Å². The molecule has 0 saturated carbocycles. The molecule has 18 heavy (non-hydrogen) atoms. The van der Waals surface area contributed by atoms with Crippen molar-refractivity contribution in [2.45, 2.75) is 13.0 Å². The van der Waals surface area contributed by atoms with E-state index in [9.17, 15) is 0 Å². The first-order valence-corrected chi connectivity index (χ1v) is 6.84. The fourth-order valence-corrected chi connectivity index (χ4v) is 2.72. The minimum Gasteiger partial charge on any atom is -0.368 e. The molecule has 2 rings (SSSR count). The van der Waals surface area contributed by atoms with Crippen molar-refractivity contribution >= 4 is 17.3 Å². The molecule has 1 atom stereocenters. The van der Waals surface area contributed by atoms with Crippen LogP contribution >= 0.6 is 11.6 Å². The van der Waals surface area contributed by atoms with E-state index in [0.29, 0.717) is 6.04 Å². The molecule has 1 aliphatic heterocycles. The third-order valence-corrected chi connectivity index (χ3v) is 3.83. The fraction of sp³-hybridized carbons (Fsp3) is 0.571. The van der Waals surface area contributed by atoms with Gasteiger partial charge in [-0.1, -0.05) is 17.7 Å². The molecule has 1 fully saturated rings. The number of rotatable bonds is 3. The summed E-state index contributed by atoms with van der Waals surface area (Å²) in [4.78, 5) is 4.66. The Morgan fingerprint density at radius 3 is 2.94 bits per heavy atom. The first kappa shape index (κ1) is 13.7. The molecule has 0 amide bonds. The smallest absolute Gasteiger partial charge is 0.0455 e. The van der Waals surface area contributed by atoms with Crippen LogP contribution in [0.25, 0.3) is 0 Å². The maximum atomic E-state index is 6.20. The second-order valence-corrected chi connectivity index (χ2v) is 5.65. The first-order valence-electron chi connectivity index (χ1n) is 6.46. The molecule has 1 saturated heterocycles. The third-order valence-electron chi connectivity index (χ3n) is 3.42. The molecule has 1 aromatic carbocycles. The standard InChI is InChI=1S/C14H22ClN3/c1-11-13(15)5-4-6-14(11)18-8-7-16-12(10-18)9-17(2)3/h4-6,12,16H,7-10H2,1-3H3. The van der Waals surface area contributed by atoms with Gasteiger partial charge in [-0.3, -0.25) is 0 Å².